The monoisotopic (exact) mass is 237 g/mol. The van der Waals surface area contributed by atoms with Gasteiger partial charge in [-0.15, -0.1) is 0 Å². The molecule has 0 aliphatic rings. The molecule has 0 atom stereocenters. The molecule has 7 heteroatoms. The van der Waals surface area contributed by atoms with Crippen LogP contribution in [0.2, 0.25) is 5.15 Å². The molecule has 0 aromatic carbocycles. The first-order valence-electron chi connectivity index (χ1n) is 3.80. The number of aliphatic carboxylic acids is 1. The zero-order valence-electron chi connectivity index (χ0n) is 7.28. The second-order valence-electron chi connectivity index (χ2n) is 2.56. The van der Waals surface area contributed by atoms with Gasteiger partial charge in [-0.05, 0) is 0 Å². The average molecular weight is 238 g/mol. The Bertz CT molecular complexity index is 373. The molecule has 15 heavy (non-hydrogen) atoms. The van der Waals surface area contributed by atoms with Crippen LogP contribution in [0.25, 0.3) is 0 Å². The minimum Gasteiger partial charge on any atom is -0.481 e. The number of nitrogens with zero attached hydrogens (tertiary/aromatic N) is 1. The van der Waals surface area contributed by atoms with Crippen molar-refractivity contribution in [2.45, 2.75) is 13.0 Å². The van der Waals surface area contributed by atoms with Crippen LogP contribution >= 0.6 is 11.6 Å². The van der Waals surface area contributed by atoms with E-state index in [9.17, 15) is 13.6 Å². The Morgan fingerprint density at radius 2 is 2.33 bits per heavy atom. The van der Waals surface area contributed by atoms with Gasteiger partial charge in [-0.2, -0.15) is 8.78 Å². The van der Waals surface area contributed by atoms with E-state index < -0.39 is 19.0 Å². The molecule has 0 aliphatic carbocycles. The number of alkyl halides is 2. The van der Waals surface area contributed by atoms with Crippen LogP contribution in [0, 0.1) is 0 Å². The number of rotatable bonds is 4. The second-order valence-corrected chi connectivity index (χ2v) is 2.95. The van der Waals surface area contributed by atoms with E-state index >= 15 is 0 Å². The zero-order valence-corrected chi connectivity index (χ0v) is 8.04. The van der Waals surface area contributed by atoms with Crippen LogP contribution in [0.4, 0.5) is 8.78 Å². The van der Waals surface area contributed by atoms with Crippen molar-refractivity contribution >= 4 is 17.6 Å². The molecule has 1 aromatic rings. The molecule has 82 valence electrons. The minimum absolute atomic E-state index is 0.0419. The molecular weight excluding hydrogens is 232 g/mol. The number of hydrogen-bond donors (Lipinski definition) is 1. The molecule has 1 heterocycles. The maximum absolute atomic E-state index is 11.9. The highest BCUT2D eigenvalue weighted by molar-refractivity contribution is 6.29. The first-order valence-corrected chi connectivity index (χ1v) is 4.18. The summed E-state index contributed by atoms with van der Waals surface area (Å²) in [5.74, 6) is -1.44. The van der Waals surface area contributed by atoms with Crippen molar-refractivity contribution < 1.29 is 23.4 Å². The summed E-state index contributed by atoms with van der Waals surface area (Å²) in [7, 11) is 0. The van der Waals surface area contributed by atoms with Gasteiger partial charge in [0.05, 0.1) is 6.42 Å². The molecule has 1 rings (SSSR count). The van der Waals surface area contributed by atoms with Crippen molar-refractivity contribution in [3.63, 3.8) is 0 Å². The Balaban J connectivity index is 2.97. The predicted molar refractivity (Wildman–Crippen MR) is 47.2 cm³/mol. The van der Waals surface area contributed by atoms with Gasteiger partial charge in [0.2, 0.25) is 0 Å². The normalized spacial score (nSPS) is 10.4. The SMILES string of the molecule is O=C(O)Cc1cnc(Cl)cc1OC(F)F. The van der Waals surface area contributed by atoms with Gasteiger partial charge in [0, 0.05) is 17.8 Å². The van der Waals surface area contributed by atoms with Gasteiger partial charge in [0.1, 0.15) is 10.9 Å². The summed E-state index contributed by atoms with van der Waals surface area (Å²) in [4.78, 5) is 14.0. The lowest BCUT2D eigenvalue weighted by Gasteiger charge is -2.08. The van der Waals surface area contributed by atoms with E-state index in [2.05, 4.69) is 9.72 Å². The predicted octanol–water partition coefficient (Wildman–Crippen LogP) is 1.96. The fourth-order valence-corrected chi connectivity index (χ4v) is 1.09. The van der Waals surface area contributed by atoms with Gasteiger partial charge in [0.15, 0.2) is 0 Å². The Morgan fingerprint density at radius 1 is 1.67 bits per heavy atom. The van der Waals surface area contributed by atoms with Crippen LogP contribution in [0.1, 0.15) is 5.56 Å². The largest absolute Gasteiger partial charge is 0.481 e. The molecule has 4 nitrogen and oxygen atoms in total. The van der Waals surface area contributed by atoms with Crippen molar-refractivity contribution in [1.29, 1.82) is 0 Å². The van der Waals surface area contributed by atoms with E-state index in [1.807, 2.05) is 0 Å². The van der Waals surface area contributed by atoms with Gasteiger partial charge >= 0.3 is 12.6 Å². The molecular formula is C8H6ClF2NO3. The summed E-state index contributed by atoms with van der Waals surface area (Å²) in [5, 5.41) is 8.45. The van der Waals surface area contributed by atoms with Gasteiger partial charge < -0.3 is 9.84 Å². The zero-order chi connectivity index (χ0) is 11.4. The molecule has 0 saturated carbocycles. The van der Waals surface area contributed by atoms with Crippen LogP contribution in [0.3, 0.4) is 0 Å². The summed E-state index contributed by atoms with van der Waals surface area (Å²) in [6.07, 6.45) is 0.639. The highest BCUT2D eigenvalue weighted by Gasteiger charge is 2.13. The third kappa shape index (κ3) is 3.67. The Morgan fingerprint density at radius 3 is 2.87 bits per heavy atom. The number of hydrogen-bond acceptors (Lipinski definition) is 3. The highest BCUT2D eigenvalue weighted by Crippen LogP contribution is 2.23. The van der Waals surface area contributed by atoms with E-state index in [-0.39, 0.29) is 16.5 Å². The first-order chi connectivity index (χ1) is 6.99. The number of carboxylic acids is 1. The van der Waals surface area contributed by atoms with Crippen molar-refractivity contribution in [3.8, 4) is 5.75 Å². The number of carboxylic acid groups (broad SMARTS) is 1. The van der Waals surface area contributed by atoms with E-state index in [0.29, 0.717) is 0 Å². The lowest BCUT2D eigenvalue weighted by atomic mass is 10.2. The second kappa shape index (κ2) is 4.88. The summed E-state index contributed by atoms with van der Waals surface area (Å²) in [6.45, 7) is -3.03. The Hall–Kier alpha value is -1.43. The number of carbonyl (C=O) groups is 1. The van der Waals surface area contributed by atoms with E-state index in [1.54, 1.807) is 0 Å². The number of aromatic nitrogens is 1. The minimum atomic E-state index is -3.03. The maximum Gasteiger partial charge on any atom is 0.387 e. The van der Waals surface area contributed by atoms with Crippen LogP contribution in [0.5, 0.6) is 5.75 Å². The summed E-state index contributed by atoms with van der Waals surface area (Å²) in [6, 6.07) is 1.05. The summed E-state index contributed by atoms with van der Waals surface area (Å²) < 4.78 is 28.0. The lowest BCUT2D eigenvalue weighted by molar-refractivity contribution is -0.136. The molecule has 0 fully saturated rings. The smallest absolute Gasteiger partial charge is 0.387 e. The first kappa shape index (κ1) is 11.6. The number of pyridine rings is 1. The quantitative estimate of drug-likeness (QED) is 0.814. The fraction of sp³-hybridized carbons (Fsp3) is 0.250. The molecule has 0 bridgehead atoms. The van der Waals surface area contributed by atoms with Crippen LogP contribution in [0.15, 0.2) is 12.3 Å². The standard InChI is InChI=1S/C8H6ClF2NO3/c9-6-2-5(15-8(10)11)4(3-12-6)1-7(13)14/h2-3,8H,1H2,(H,13,14). The third-order valence-corrected chi connectivity index (χ3v) is 1.67. The Kier molecular flexibility index (Phi) is 3.79. The molecule has 0 saturated heterocycles. The van der Waals surface area contributed by atoms with Crippen LogP contribution < -0.4 is 4.74 Å². The molecule has 1 N–H and O–H groups in total. The molecule has 0 amide bonds. The lowest BCUT2D eigenvalue weighted by Crippen LogP contribution is -2.08. The van der Waals surface area contributed by atoms with Gasteiger partial charge in [-0.3, -0.25) is 4.79 Å². The van der Waals surface area contributed by atoms with Crippen molar-refractivity contribution in [1.82, 2.24) is 4.98 Å². The summed E-state index contributed by atoms with van der Waals surface area (Å²) >= 11 is 5.45. The van der Waals surface area contributed by atoms with Crippen LogP contribution in [-0.4, -0.2) is 22.7 Å². The fourth-order valence-electron chi connectivity index (χ4n) is 0.943. The molecule has 0 aliphatic heterocycles. The topological polar surface area (TPSA) is 59.4 Å². The van der Waals surface area contributed by atoms with E-state index in [0.717, 1.165) is 12.3 Å². The maximum atomic E-state index is 11.9. The van der Waals surface area contributed by atoms with Crippen LogP contribution in [-0.2, 0) is 11.2 Å². The highest BCUT2D eigenvalue weighted by atomic mass is 35.5. The van der Waals surface area contributed by atoms with Crippen molar-refractivity contribution in [2.75, 3.05) is 0 Å². The summed E-state index contributed by atoms with van der Waals surface area (Å²) in [5.41, 5.74) is 0.0483. The van der Waals surface area contributed by atoms with Crippen molar-refractivity contribution in [2.24, 2.45) is 0 Å². The van der Waals surface area contributed by atoms with E-state index in [4.69, 9.17) is 16.7 Å². The number of ether oxygens (including phenoxy) is 1. The molecule has 1 aromatic heterocycles. The average Bonchev–Trinajstić information content (AvgIpc) is 2.08. The number of halogens is 3. The van der Waals surface area contributed by atoms with Crippen molar-refractivity contribution in [3.05, 3.63) is 23.0 Å². The molecule has 0 unspecified atom stereocenters. The third-order valence-electron chi connectivity index (χ3n) is 1.47. The van der Waals surface area contributed by atoms with Gasteiger partial charge in [-0.25, -0.2) is 4.98 Å². The van der Waals surface area contributed by atoms with E-state index in [1.165, 1.54) is 0 Å². The van der Waals surface area contributed by atoms with Gasteiger partial charge in [0.25, 0.3) is 0 Å². The molecule has 0 radical (unpaired) electrons. The van der Waals surface area contributed by atoms with Gasteiger partial charge in [-0.1, -0.05) is 11.6 Å². The molecule has 0 spiro atoms. The Labute approximate surface area is 88.4 Å².